The summed E-state index contributed by atoms with van der Waals surface area (Å²) in [5.74, 6) is 1.72. The standard InChI is InChI=1S/C22H22O5/c1-15-11-18-17(19(12-23)21(15)27-14-24-2)9-10-20(25-3)22(18)26-13-16-7-5-4-6-8-16/h4-12H,13-14H2,1-3H3. The molecule has 0 spiro atoms. The number of fused-ring (bicyclic) bond motifs is 1. The molecule has 0 aliphatic rings. The van der Waals surface area contributed by atoms with Gasteiger partial charge in [-0.05, 0) is 41.6 Å². The van der Waals surface area contributed by atoms with Crippen LogP contribution in [0, 0.1) is 6.92 Å². The van der Waals surface area contributed by atoms with E-state index in [0.29, 0.717) is 29.4 Å². The van der Waals surface area contributed by atoms with Crippen molar-refractivity contribution < 1.29 is 23.7 Å². The Kier molecular flexibility index (Phi) is 5.94. The molecule has 0 aliphatic carbocycles. The lowest BCUT2D eigenvalue weighted by Crippen LogP contribution is -2.05. The first-order valence-electron chi connectivity index (χ1n) is 8.57. The number of ether oxygens (including phenoxy) is 4. The van der Waals surface area contributed by atoms with Gasteiger partial charge in [-0.15, -0.1) is 0 Å². The zero-order chi connectivity index (χ0) is 19.2. The third kappa shape index (κ3) is 3.88. The summed E-state index contributed by atoms with van der Waals surface area (Å²) in [6, 6.07) is 15.5. The summed E-state index contributed by atoms with van der Waals surface area (Å²) in [7, 11) is 3.14. The number of rotatable bonds is 8. The number of hydrogen-bond donors (Lipinski definition) is 0. The zero-order valence-corrected chi connectivity index (χ0v) is 15.7. The van der Waals surface area contributed by atoms with E-state index in [-0.39, 0.29) is 6.79 Å². The number of carbonyl (C=O) groups is 1. The highest BCUT2D eigenvalue weighted by atomic mass is 16.7. The quantitative estimate of drug-likeness (QED) is 0.433. The van der Waals surface area contributed by atoms with Gasteiger partial charge in [0.2, 0.25) is 0 Å². The van der Waals surface area contributed by atoms with Gasteiger partial charge in [-0.3, -0.25) is 4.79 Å². The fraction of sp³-hybridized carbons (Fsp3) is 0.227. The lowest BCUT2D eigenvalue weighted by Gasteiger charge is -2.18. The van der Waals surface area contributed by atoms with Crippen LogP contribution in [0.3, 0.4) is 0 Å². The fourth-order valence-corrected chi connectivity index (χ4v) is 3.04. The Morgan fingerprint density at radius 1 is 0.926 bits per heavy atom. The number of hydrogen-bond acceptors (Lipinski definition) is 5. The Balaban J connectivity index is 2.10. The monoisotopic (exact) mass is 366 g/mol. The predicted molar refractivity (Wildman–Crippen MR) is 104 cm³/mol. The first kappa shape index (κ1) is 18.7. The maximum absolute atomic E-state index is 11.8. The average Bonchev–Trinajstić information content (AvgIpc) is 2.70. The van der Waals surface area contributed by atoms with Crippen LogP contribution in [0.25, 0.3) is 10.8 Å². The van der Waals surface area contributed by atoms with Crippen LogP contribution in [0.1, 0.15) is 21.5 Å². The highest BCUT2D eigenvalue weighted by Gasteiger charge is 2.18. The largest absolute Gasteiger partial charge is 0.493 e. The summed E-state index contributed by atoms with van der Waals surface area (Å²) in [5, 5.41) is 1.54. The minimum Gasteiger partial charge on any atom is -0.493 e. The molecule has 3 aromatic rings. The summed E-state index contributed by atoms with van der Waals surface area (Å²) in [5.41, 5.74) is 2.33. The van der Waals surface area contributed by atoms with Crippen LogP contribution in [0.15, 0.2) is 48.5 Å². The van der Waals surface area contributed by atoms with Gasteiger partial charge in [-0.1, -0.05) is 30.3 Å². The van der Waals surface area contributed by atoms with Crippen molar-refractivity contribution in [3.05, 3.63) is 65.2 Å². The van der Waals surface area contributed by atoms with E-state index in [1.807, 2.05) is 49.4 Å². The highest BCUT2D eigenvalue weighted by Crippen LogP contribution is 2.41. The van der Waals surface area contributed by atoms with E-state index in [0.717, 1.165) is 28.2 Å². The van der Waals surface area contributed by atoms with Crippen LogP contribution in [-0.4, -0.2) is 27.3 Å². The number of methoxy groups -OCH3 is 2. The predicted octanol–water partition coefficient (Wildman–Crippen LogP) is 4.53. The maximum Gasteiger partial charge on any atom is 0.188 e. The molecule has 0 amide bonds. The second kappa shape index (κ2) is 8.56. The first-order valence-corrected chi connectivity index (χ1v) is 8.57. The Bertz CT molecular complexity index is 935. The van der Waals surface area contributed by atoms with Crippen LogP contribution in [-0.2, 0) is 11.3 Å². The Morgan fingerprint density at radius 2 is 1.70 bits per heavy atom. The van der Waals surface area contributed by atoms with Gasteiger partial charge in [0.05, 0.1) is 12.7 Å². The molecule has 3 rings (SSSR count). The molecule has 0 N–H and O–H groups in total. The topological polar surface area (TPSA) is 54.0 Å². The normalized spacial score (nSPS) is 10.6. The van der Waals surface area contributed by atoms with E-state index in [4.69, 9.17) is 18.9 Å². The molecule has 3 aromatic carbocycles. The molecule has 5 nitrogen and oxygen atoms in total. The average molecular weight is 366 g/mol. The van der Waals surface area contributed by atoms with Gasteiger partial charge in [0.15, 0.2) is 24.6 Å². The fourth-order valence-electron chi connectivity index (χ4n) is 3.04. The number of aldehydes is 1. The van der Waals surface area contributed by atoms with Gasteiger partial charge in [0.25, 0.3) is 0 Å². The molecule has 0 fully saturated rings. The van der Waals surface area contributed by atoms with Gasteiger partial charge >= 0.3 is 0 Å². The van der Waals surface area contributed by atoms with E-state index in [9.17, 15) is 4.79 Å². The molecule has 0 unspecified atom stereocenters. The van der Waals surface area contributed by atoms with Gasteiger partial charge < -0.3 is 18.9 Å². The first-order chi connectivity index (χ1) is 13.2. The molecular weight excluding hydrogens is 344 g/mol. The van der Waals surface area contributed by atoms with Gasteiger partial charge in [-0.25, -0.2) is 0 Å². The van der Waals surface area contributed by atoms with E-state index in [1.165, 1.54) is 7.11 Å². The third-order valence-corrected chi connectivity index (χ3v) is 4.30. The van der Waals surface area contributed by atoms with E-state index >= 15 is 0 Å². The van der Waals surface area contributed by atoms with E-state index in [1.54, 1.807) is 13.2 Å². The molecule has 0 saturated carbocycles. The number of aryl methyl sites for hydroxylation is 1. The lowest BCUT2D eigenvalue weighted by molar-refractivity contribution is 0.0501. The lowest BCUT2D eigenvalue weighted by atomic mass is 9.99. The SMILES string of the molecule is COCOc1c(C)cc2c(OCc3ccccc3)c(OC)ccc2c1C=O. The zero-order valence-electron chi connectivity index (χ0n) is 15.7. The summed E-state index contributed by atoms with van der Waals surface area (Å²) >= 11 is 0. The molecule has 0 heterocycles. The van der Waals surface area contributed by atoms with Gasteiger partial charge in [0, 0.05) is 12.5 Å². The van der Waals surface area contributed by atoms with Crippen LogP contribution < -0.4 is 14.2 Å². The minimum absolute atomic E-state index is 0.0701. The molecule has 0 saturated heterocycles. The maximum atomic E-state index is 11.8. The van der Waals surface area contributed by atoms with Crippen molar-refractivity contribution >= 4 is 17.1 Å². The summed E-state index contributed by atoms with van der Waals surface area (Å²) in [4.78, 5) is 11.8. The van der Waals surface area contributed by atoms with Crippen molar-refractivity contribution in [2.45, 2.75) is 13.5 Å². The Hall–Kier alpha value is -3.05. The molecule has 27 heavy (non-hydrogen) atoms. The molecular formula is C22H22O5. The second-order valence-corrected chi connectivity index (χ2v) is 6.07. The second-order valence-electron chi connectivity index (χ2n) is 6.07. The third-order valence-electron chi connectivity index (χ3n) is 4.30. The molecule has 5 heteroatoms. The highest BCUT2D eigenvalue weighted by molar-refractivity contribution is 6.04. The Morgan fingerprint density at radius 3 is 2.37 bits per heavy atom. The smallest absolute Gasteiger partial charge is 0.188 e. The van der Waals surface area contributed by atoms with Crippen molar-refractivity contribution in [1.29, 1.82) is 0 Å². The molecule has 0 bridgehead atoms. The van der Waals surface area contributed by atoms with Gasteiger partial charge in [-0.2, -0.15) is 0 Å². The van der Waals surface area contributed by atoms with Crippen molar-refractivity contribution in [2.75, 3.05) is 21.0 Å². The number of benzene rings is 3. The van der Waals surface area contributed by atoms with Crippen molar-refractivity contribution in [2.24, 2.45) is 0 Å². The molecule has 0 aliphatic heterocycles. The van der Waals surface area contributed by atoms with Crippen LogP contribution in [0.4, 0.5) is 0 Å². The molecule has 140 valence electrons. The summed E-state index contributed by atoms with van der Waals surface area (Å²) < 4.78 is 22.2. The minimum atomic E-state index is 0.0701. The molecule has 0 atom stereocenters. The Labute approximate surface area is 158 Å². The summed E-state index contributed by atoms with van der Waals surface area (Å²) in [6.07, 6.45) is 0.799. The van der Waals surface area contributed by atoms with Gasteiger partial charge in [0.1, 0.15) is 12.4 Å². The molecule has 0 radical (unpaired) electrons. The van der Waals surface area contributed by atoms with E-state index in [2.05, 4.69) is 0 Å². The summed E-state index contributed by atoms with van der Waals surface area (Å²) in [6.45, 7) is 2.35. The van der Waals surface area contributed by atoms with Crippen LogP contribution >= 0.6 is 0 Å². The number of carbonyl (C=O) groups excluding carboxylic acids is 1. The van der Waals surface area contributed by atoms with Crippen molar-refractivity contribution in [1.82, 2.24) is 0 Å². The van der Waals surface area contributed by atoms with Crippen molar-refractivity contribution in [3.8, 4) is 17.2 Å². The van der Waals surface area contributed by atoms with Crippen LogP contribution in [0.2, 0.25) is 0 Å². The van der Waals surface area contributed by atoms with Crippen LogP contribution in [0.5, 0.6) is 17.2 Å². The van der Waals surface area contributed by atoms with E-state index < -0.39 is 0 Å². The molecule has 0 aromatic heterocycles. The van der Waals surface area contributed by atoms with Crippen molar-refractivity contribution in [3.63, 3.8) is 0 Å².